The second-order valence-corrected chi connectivity index (χ2v) is 16.4. The largest absolute Gasteiger partial charge is 0.494 e. The van der Waals surface area contributed by atoms with Crippen molar-refractivity contribution in [3.05, 3.63) is 112 Å². The second kappa shape index (κ2) is 18.0. The van der Waals surface area contributed by atoms with E-state index in [4.69, 9.17) is 9.47 Å². The number of para-hydroxylation sites is 1. The second-order valence-electron chi connectivity index (χ2n) is 16.4. The SMILES string of the molecule is CNC(=O)c1cnc(Nc2ccc(CN3CCC(OC4CC(c5ccc6c(c5)n(C)c(=O)n6C5CCC(=O)NC5=O)C4)CC3)cn2)cc1Nc1cccc(-c2ncc(F)cn2)c1OC. The predicted octanol–water partition coefficient (Wildman–Crippen LogP) is 5.49. The van der Waals surface area contributed by atoms with Crippen LogP contribution in [-0.2, 0) is 27.9 Å². The number of piperidine rings is 2. The Balaban J connectivity index is 0.770. The summed E-state index contributed by atoms with van der Waals surface area (Å²) in [5.74, 6) is 0.447. The number of imidazole rings is 1. The van der Waals surface area contributed by atoms with Gasteiger partial charge in [0.1, 0.15) is 17.7 Å². The molecule has 2 aliphatic heterocycles. The number of aromatic nitrogens is 6. The first-order valence-corrected chi connectivity index (χ1v) is 21.3. The number of halogens is 1. The molecular formula is C46H48FN11O6. The number of hydrogen-bond acceptors (Lipinski definition) is 13. The van der Waals surface area contributed by atoms with Gasteiger partial charge in [-0.3, -0.25) is 33.7 Å². The van der Waals surface area contributed by atoms with Crippen molar-refractivity contribution in [2.75, 3.05) is 37.9 Å². The molecule has 64 heavy (non-hydrogen) atoms. The van der Waals surface area contributed by atoms with Crippen LogP contribution in [0.3, 0.4) is 0 Å². The lowest BCUT2D eigenvalue weighted by Gasteiger charge is -2.40. The molecule has 2 aromatic carbocycles. The molecule has 3 fully saturated rings. The van der Waals surface area contributed by atoms with E-state index in [-0.39, 0.29) is 42.0 Å². The molecule has 1 atom stereocenters. The molecule has 4 N–H and O–H groups in total. The monoisotopic (exact) mass is 869 g/mol. The van der Waals surface area contributed by atoms with Gasteiger partial charge in [0.15, 0.2) is 17.4 Å². The van der Waals surface area contributed by atoms with Crippen LogP contribution in [0.25, 0.3) is 22.4 Å². The van der Waals surface area contributed by atoms with Gasteiger partial charge in [0, 0.05) is 58.6 Å². The Hall–Kier alpha value is -7.05. The number of ether oxygens (including phenoxy) is 2. The molecule has 0 bridgehead atoms. The molecule has 0 spiro atoms. The van der Waals surface area contributed by atoms with E-state index in [0.29, 0.717) is 57.7 Å². The fourth-order valence-electron chi connectivity index (χ4n) is 8.84. The molecule has 3 aliphatic rings. The third kappa shape index (κ3) is 8.65. The molecule has 2 saturated heterocycles. The van der Waals surface area contributed by atoms with Gasteiger partial charge in [-0.05, 0) is 79.5 Å². The van der Waals surface area contributed by atoms with Crippen LogP contribution in [-0.4, -0.2) is 91.1 Å². The van der Waals surface area contributed by atoms with E-state index in [1.54, 1.807) is 42.9 Å². The van der Waals surface area contributed by atoms with Gasteiger partial charge in [-0.2, -0.15) is 0 Å². The smallest absolute Gasteiger partial charge is 0.329 e. The Bertz CT molecular complexity index is 2780. The Labute approximate surface area is 367 Å². The summed E-state index contributed by atoms with van der Waals surface area (Å²) >= 11 is 0. The van der Waals surface area contributed by atoms with Crippen LogP contribution < -0.4 is 31.7 Å². The van der Waals surface area contributed by atoms with Crippen molar-refractivity contribution in [2.24, 2.45) is 7.05 Å². The van der Waals surface area contributed by atoms with Crippen LogP contribution in [0.5, 0.6) is 5.75 Å². The number of carbonyl (C=O) groups is 3. The highest BCUT2D eigenvalue weighted by Crippen LogP contribution is 2.41. The Kier molecular flexibility index (Phi) is 11.9. The number of anilines is 4. The summed E-state index contributed by atoms with van der Waals surface area (Å²) in [6, 6.07) is 16.3. The zero-order chi connectivity index (χ0) is 44.5. The number of likely N-dealkylation sites (tertiary alicyclic amines) is 1. The molecular weight excluding hydrogens is 822 g/mol. The lowest BCUT2D eigenvalue weighted by Crippen LogP contribution is -2.44. The quantitative estimate of drug-likeness (QED) is 0.106. The maximum absolute atomic E-state index is 13.5. The highest BCUT2D eigenvalue weighted by atomic mass is 19.1. The topological polar surface area (TPSA) is 200 Å². The molecule has 17 nitrogen and oxygen atoms in total. The predicted molar refractivity (Wildman–Crippen MR) is 236 cm³/mol. The number of methoxy groups -OCH3 is 1. The molecule has 18 heteroatoms. The molecule has 4 aromatic heterocycles. The summed E-state index contributed by atoms with van der Waals surface area (Å²) in [6.45, 7) is 2.59. The molecule has 3 amide bonds. The van der Waals surface area contributed by atoms with Crippen LogP contribution in [0.4, 0.5) is 27.4 Å². The van der Waals surface area contributed by atoms with E-state index < -0.39 is 17.8 Å². The molecule has 1 saturated carbocycles. The summed E-state index contributed by atoms with van der Waals surface area (Å²) in [7, 11) is 4.78. The zero-order valence-electron chi connectivity index (χ0n) is 35.6. The maximum Gasteiger partial charge on any atom is 0.329 e. The van der Waals surface area contributed by atoms with Crippen molar-refractivity contribution in [1.29, 1.82) is 0 Å². The van der Waals surface area contributed by atoms with Gasteiger partial charge in [-0.1, -0.05) is 18.2 Å². The number of benzene rings is 2. The summed E-state index contributed by atoms with van der Waals surface area (Å²) in [6.07, 6.45) is 10.1. The van der Waals surface area contributed by atoms with Crippen LogP contribution in [0.1, 0.15) is 72.0 Å². The van der Waals surface area contributed by atoms with Gasteiger partial charge < -0.3 is 25.4 Å². The summed E-state index contributed by atoms with van der Waals surface area (Å²) in [5, 5.41) is 11.6. The van der Waals surface area contributed by atoms with E-state index in [2.05, 4.69) is 52.2 Å². The van der Waals surface area contributed by atoms with E-state index >= 15 is 0 Å². The standard InChI is InChI=1S/C46H48FN11O6/c1-48-44(60)33-24-50-40(20-35(33)53-34-6-4-5-32(42(34)63-3)43-51-22-29(47)23-52-43)54-39-11-7-26(21-49-39)25-57-15-13-30(14-16-57)64-31-17-28(18-31)27-8-9-36-38(19-27)56(2)46(62)58(36)37-10-12-41(59)55-45(37)61/h4-9,11,19-24,28,30-31,37H,10,12-18,25H2,1-3H3,(H,48,60)(H,55,59,61)(H2,49,50,53,54). The van der Waals surface area contributed by atoms with Crippen LogP contribution in [0.2, 0.25) is 0 Å². The van der Waals surface area contributed by atoms with Crippen molar-refractivity contribution >= 4 is 51.8 Å². The van der Waals surface area contributed by atoms with E-state index in [9.17, 15) is 23.6 Å². The van der Waals surface area contributed by atoms with E-state index in [1.165, 1.54) is 17.9 Å². The Morgan fingerprint density at radius 1 is 0.859 bits per heavy atom. The number of aryl methyl sites for hydroxylation is 1. The number of hydrogen-bond donors (Lipinski definition) is 4. The number of nitrogens with one attached hydrogen (secondary N) is 4. The van der Waals surface area contributed by atoms with Crippen LogP contribution >= 0.6 is 0 Å². The normalized spacial score (nSPS) is 19.2. The van der Waals surface area contributed by atoms with Crippen molar-refractivity contribution in [3.63, 3.8) is 0 Å². The van der Waals surface area contributed by atoms with Crippen molar-refractivity contribution in [3.8, 4) is 17.1 Å². The van der Waals surface area contributed by atoms with E-state index in [0.717, 1.165) is 74.4 Å². The number of amides is 3. The molecule has 1 aliphatic carbocycles. The van der Waals surface area contributed by atoms with Gasteiger partial charge in [-0.25, -0.2) is 29.1 Å². The average Bonchev–Trinajstić information content (AvgIpc) is 3.53. The van der Waals surface area contributed by atoms with Gasteiger partial charge >= 0.3 is 5.69 Å². The van der Waals surface area contributed by atoms with Crippen molar-refractivity contribution in [1.82, 2.24) is 44.6 Å². The number of imide groups is 1. The van der Waals surface area contributed by atoms with Crippen LogP contribution in [0.15, 0.2) is 84.2 Å². The van der Waals surface area contributed by atoms with Crippen molar-refractivity contribution in [2.45, 2.75) is 69.2 Å². The van der Waals surface area contributed by atoms with E-state index in [1.807, 2.05) is 30.5 Å². The third-order valence-electron chi connectivity index (χ3n) is 12.3. The Morgan fingerprint density at radius 3 is 2.36 bits per heavy atom. The van der Waals surface area contributed by atoms with Crippen molar-refractivity contribution < 1.29 is 28.2 Å². The summed E-state index contributed by atoms with van der Waals surface area (Å²) in [4.78, 5) is 70.1. The lowest BCUT2D eigenvalue weighted by molar-refractivity contribution is -0.135. The fourth-order valence-corrected chi connectivity index (χ4v) is 8.84. The highest BCUT2D eigenvalue weighted by molar-refractivity contribution is 6.01. The fraction of sp³-hybridized carbons (Fsp3) is 0.348. The first-order chi connectivity index (χ1) is 31.0. The molecule has 1 unspecified atom stereocenters. The summed E-state index contributed by atoms with van der Waals surface area (Å²) in [5.41, 5.74) is 5.29. The first kappa shape index (κ1) is 42.3. The minimum Gasteiger partial charge on any atom is -0.494 e. The molecule has 0 radical (unpaired) electrons. The molecule has 9 rings (SSSR count). The number of nitrogens with zero attached hydrogens (tertiary/aromatic N) is 7. The third-order valence-corrected chi connectivity index (χ3v) is 12.3. The van der Waals surface area contributed by atoms with Gasteiger partial charge in [0.05, 0.1) is 65.2 Å². The molecule has 6 heterocycles. The minimum atomic E-state index is -0.700. The number of pyridine rings is 2. The van der Waals surface area contributed by atoms with Crippen LogP contribution in [0, 0.1) is 5.82 Å². The van der Waals surface area contributed by atoms with Gasteiger partial charge in [-0.15, -0.1) is 0 Å². The number of fused-ring (bicyclic) bond motifs is 1. The number of rotatable bonds is 13. The number of carbonyl (C=O) groups excluding carboxylic acids is 3. The van der Waals surface area contributed by atoms with Gasteiger partial charge in [0.25, 0.3) is 5.91 Å². The molecule has 330 valence electrons. The first-order valence-electron chi connectivity index (χ1n) is 21.3. The minimum absolute atomic E-state index is 0.191. The highest BCUT2D eigenvalue weighted by Gasteiger charge is 2.35. The maximum atomic E-state index is 13.5. The molecule has 6 aromatic rings. The lowest BCUT2D eigenvalue weighted by atomic mass is 9.77. The Morgan fingerprint density at radius 2 is 1.64 bits per heavy atom. The van der Waals surface area contributed by atoms with Gasteiger partial charge in [0.2, 0.25) is 11.8 Å². The zero-order valence-corrected chi connectivity index (χ0v) is 35.6. The average molecular weight is 870 g/mol. The summed E-state index contributed by atoms with van der Waals surface area (Å²) < 4.78 is 28.9.